The second-order valence-electron chi connectivity index (χ2n) is 11.4. The quantitative estimate of drug-likeness (QED) is 0.280. The Morgan fingerprint density at radius 2 is 1.62 bits per heavy atom. The summed E-state index contributed by atoms with van der Waals surface area (Å²) in [6.45, 7) is 1.77. The maximum atomic E-state index is 12.4. The van der Waals surface area contributed by atoms with Gasteiger partial charge in [-0.3, -0.25) is 4.79 Å². The minimum Gasteiger partial charge on any atom is -0.377 e. The Labute approximate surface area is 230 Å². The average molecular weight is 529 g/mol. The first-order chi connectivity index (χ1) is 19.1. The molecule has 3 aromatic rings. The zero-order valence-electron chi connectivity index (χ0n) is 22.6. The van der Waals surface area contributed by atoms with Gasteiger partial charge in [0.25, 0.3) is 0 Å². The van der Waals surface area contributed by atoms with Crippen LogP contribution < -0.4 is 16.4 Å². The molecule has 0 unspecified atom stereocenters. The summed E-state index contributed by atoms with van der Waals surface area (Å²) in [4.78, 5) is 29.4. The van der Waals surface area contributed by atoms with Crippen molar-refractivity contribution in [2.75, 3.05) is 23.7 Å². The number of nitrogens with two attached hydrogens (primary N) is 1. The molecule has 1 aromatic carbocycles. The van der Waals surface area contributed by atoms with Gasteiger partial charge in [0.15, 0.2) is 22.8 Å². The van der Waals surface area contributed by atoms with Crippen molar-refractivity contribution in [2.45, 2.75) is 88.4 Å². The molecule has 3 aliphatic rings. The van der Waals surface area contributed by atoms with Gasteiger partial charge in [-0.1, -0.05) is 43.2 Å². The van der Waals surface area contributed by atoms with Crippen molar-refractivity contribution in [2.24, 2.45) is 5.73 Å². The van der Waals surface area contributed by atoms with Crippen LogP contribution in [0.5, 0.6) is 0 Å². The Hall–Kier alpha value is -3.46. The molecule has 2 saturated carbocycles. The largest absolute Gasteiger partial charge is 0.377 e. The fourth-order valence-electron chi connectivity index (χ4n) is 6.24. The van der Waals surface area contributed by atoms with E-state index in [2.05, 4.69) is 20.1 Å². The van der Waals surface area contributed by atoms with Gasteiger partial charge < -0.3 is 25.8 Å². The number of imidazole rings is 1. The third kappa shape index (κ3) is 6.08. The Morgan fingerprint density at radius 1 is 0.897 bits per heavy atom. The van der Waals surface area contributed by atoms with Crippen LogP contribution in [0.15, 0.2) is 48.9 Å². The van der Waals surface area contributed by atoms with Gasteiger partial charge in [0.2, 0.25) is 5.95 Å². The SMILES string of the molecule is NC1CCC(Nc2nc(NC3CCN(C=CC(=O)c4ccccc4)CC3)c3ncn(C4CCCC4)c3n2)CC1. The lowest BCUT2D eigenvalue weighted by Crippen LogP contribution is -2.36. The predicted molar refractivity (Wildman–Crippen MR) is 155 cm³/mol. The number of fused-ring (bicyclic) bond motifs is 1. The first kappa shape index (κ1) is 25.8. The van der Waals surface area contributed by atoms with E-state index in [0.717, 1.165) is 74.2 Å². The third-order valence-corrected chi connectivity index (χ3v) is 8.61. The number of carbonyl (C=O) groups excluding carboxylic acids is 1. The number of anilines is 2. The van der Waals surface area contributed by atoms with Gasteiger partial charge in [-0.15, -0.1) is 0 Å². The minimum absolute atomic E-state index is 0.0389. The molecule has 3 fully saturated rings. The fourth-order valence-corrected chi connectivity index (χ4v) is 6.24. The summed E-state index contributed by atoms with van der Waals surface area (Å²) in [5.74, 6) is 1.54. The normalized spacial score (nSPS) is 23.1. The number of carbonyl (C=O) groups is 1. The fraction of sp³-hybridized carbons (Fsp3) is 0.533. The molecule has 0 bridgehead atoms. The second kappa shape index (κ2) is 11.7. The Bertz CT molecular complexity index is 1280. The maximum absolute atomic E-state index is 12.4. The molecule has 0 spiro atoms. The zero-order valence-corrected chi connectivity index (χ0v) is 22.6. The van der Waals surface area contributed by atoms with Crippen molar-refractivity contribution >= 4 is 28.7 Å². The summed E-state index contributed by atoms with van der Waals surface area (Å²) >= 11 is 0. The van der Waals surface area contributed by atoms with E-state index in [9.17, 15) is 4.79 Å². The number of allylic oxidation sites excluding steroid dienone is 1. The van der Waals surface area contributed by atoms with Crippen molar-refractivity contribution in [3.8, 4) is 0 Å². The number of benzene rings is 1. The molecular formula is C30H40N8O. The highest BCUT2D eigenvalue weighted by Gasteiger charge is 2.25. The number of nitrogens with zero attached hydrogens (tertiary/aromatic N) is 5. The molecular weight excluding hydrogens is 488 g/mol. The van der Waals surface area contributed by atoms with Crippen LogP contribution in [0.2, 0.25) is 0 Å². The molecule has 39 heavy (non-hydrogen) atoms. The molecule has 0 atom stereocenters. The lowest BCUT2D eigenvalue weighted by atomic mass is 9.92. The van der Waals surface area contributed by atoms with Crippen molar-refractivity contribution in [3.05, 3.63) is 54.5 Å². The highest BCUT2D eigenvalue weighted by Crippen LogP contribution is 2.34. The Morgan fingerprint density at radius 3 is 2.36 bits per heavy atom. The second-order valence-corrected chi connectivity index (χ2v) is 11.4. The standard InChI is InChI=1S/C30H40N8O/c31-22-10-12-23(13-11-22)34-30-35-28(27-29(36-30)38(20-32-27)25-8-4-5-9-25)33-24-14-17-37(18-15-24)19-16-26(39)21-6-2-1-3-7-21/h1-3,6-7,16,19-20,22-25H,4-5,8-15,17-18,31H2,(H2,33,34,35,36). The van der Waals surface area contributed by atoms with E-state index in [-0.39, 0.29) is 11.8 Å². The summed E-state index contributed by atoms with van der Waals surface area (Å²) in [7, 11) is 0. The summed E-state index contributed by atoms with van der Waals surface area (Å²) in [5, 5.41) is 7.34. The number of hydrogen-bond acceptors (Lipinski definition) is 8. The van der Waals surface area contributed by atoms with Gasteiger partial charge in [-0.25, -0.2) is 4.98 Å². The van der Waals surface area contributed by atoms with Gasteiger partial charge in [0, 0.05) is 55.1 Å². The number of hydrogen-bond donors (Lipinski definition) is 3. The molecule has 9 heteroatoms. The minimum atomic E-state index is 0.0389. The van der Waals surface area contributed by atoms with Gasteiger partial charge in [0.1, 0.15) is 0 Å². The lowest BCUT2D eigenvalue weighted by molar-refractivity contribution is 0.104. The van der Waals surface area contributed by atoms with E-state index in [1.54, 1.807) is 6.08 Å². The Balaban J connectivity index is 1.15. The van der Waals surface area contributed by atoms with Gasteiger partial charge in [-0.2, -0.15) is 9.97 Å². The first-order valence-corrected chi connectivity index (χ1v) is 14.7. The zero-order chi connectivity index (χ0) is 26.6. The molecule has 206 valence electrons. The van der Waals surface area contributed by atoms with Crippen LogP contribution in [0.1, 0.15) is 80.6 Å². The molecule has 1 saturated heterocycles. The number of likely N-dealkylation sites (tertiary alicyclic amines) is 1. The molecule has 9 nitrogen and oxygen atoms in total. The summed E-state index contributed by atoms with van der Waals surface area (Å²) in [6, 6.07) is 10.8. The van der Waals surface area contributed by atoms with Crippen LogP contribution in [-0.4, -0.2) is 61.4 Å². The highest BCUT2D eigenvalue weighted by molar-refractivity contribution is 6.04. The van der Waals surface area contributed by atoms with E-state index in [1.807, 2.05) is 42.9 Å². The molecule has 2 aliphatic carbocycles. The van der Waals surface area contributed by atoms with Crippen LogP contribution in [0.25, 0.3) is 11.2 Å². The summed E-state index contributed by atoms with van der Waals surface area (Å²) in [5.41, 5.74) is 8.63. The maximum Gasteiger partial charge on any atom is 0.227 e. The molecule has 3 heterocycles. The van der Waals surface area contributed by atoms with Crippen molar-refractivity contribution in [1.82, 2.24) is 24.4 Å². The monoisotopic (exact) mass is 528 g/mol. The first-order valence-electron chi connectivity index (χ1n) is 14.7. The lowest BCUT2D eigenvalue weighted by Gasteiger charge is -2.32. The molecule has 0 amide bonds. The van der Waals surface area contributed by atoms with Gasteiger partial charge >= 0.3 is 0 Å². The van der Waals surface area contributed by atoms with Crippen LogP contribution in [0.3, 0.4) is 0 Å². The van der Waals surface area contributed by atoms with Crippen LogP contribution >= 0.6 is 0 Å². The van der Waals surface area contributed by atoms with E-state index < -0.39 is 0 Å². The molecule has 4 N–H and O–H groups in total. The topological polar surface area (TPSA) is 114 Å². The van der Waals surface area contributed by atoms with E-state index in [4.69, 9.17) is 20.7 Å². The van der Waals surface area contributed by atoms with Crippen LogP contribution in [0, 0.1) is 0 Å². The summed E-state index contributed by atoms with van der Waals surface area (Å²) in [6.07, 6.45) is 16.6. The molecule has 6 rings (SSSR count). The Kier molecular flexibility index (Phi) is 7.76. The number of ketones is 1. The van der Waals surface area contributed by atoms with Gasteiger partial charge in [0.05, 0.1) is 6.33 Å². The predicted octanol–water partition coefficient (Wildman–Crippen LogP) is 4.90. The number of aromatic nitrogens is 4. The number of nitrogens with one attached hydrogen (secondary N) is 2. The highest BCUT2D eigenvalue weighted by atomic mass is 16.1. The number of piperidine rings is 1. The van der Waals surface area contributed by atoms with Crippen molar-refractivity contribution in [1.29, 1.82) is 0 Å². The van der Waals surface area contributed by atoms with Gasteiger partial charge in [-0.05, 0) is 51.4 Å². The average Bonchev–Trinajstić information content (AvgIpc) is 3.65. The number of rotatable bonds is 8. The van der Waals surface area contributed by atoms with Crippen LogP contribution in [0.4, 0.5) is 11.8 Å². The molecule has 0 radical (unpaired) electrons. The van der Waals surface area contributed by atoms with Crippen molar-refractivity contribution < 1.29 is 4.79 Å². The molecule has 1 aliphatic heterocycles. The smallest absolute Gasteiger partial charge is 0.227 e. The van der Waals surface area contributed by atoms with E-state index in [1.165, 1.54) is 25.7 Å². The third-order valence-electron chi connectivity index (χ3n) is 8.61. The molecule has 2 aromatic heterocycles. The summed E-state index contributed by atoms with van der Waals surface area (Å²) < 4.78 is 2.27. The van der Waals surface area contributed by atoms with Crippen LogP contribution in [-0.2, 0) is 0 Å². The van der Waals surface area contributed by atoms with Crippen molar-refractivity contribution in [3.63, 3.8) is 0 Å². The van der Waals surface area contributed by atoms with E-state index in [0.29, 0.717) is 24.1 Å². The van der Waals surface area contributed by atoms with E-state index >= 15 is 0 Å².